The van der Waals surface area contributed by atoms with E-state index in [1.165, 1.54) is 6.33 Å². The Hall–Kier alpha value is -0.510. The van der Waals surface area contributed by atoms with E-state index in [0.29, 0.717) is 4.60 Å². The van der Waals surface area contributed by atoms with Crippen molar-refractivity contribution >= 4 is 15.9 Å². The lowest BCUT2D eigenvalue weighted by molar-refractivity contribution is 0.939. The zero-order chi connectivity index (χ0) is 5.11. The van der Waals surface area contributed by atoms with Crippen LogP contribution in [0.3, 0.4) is 0 Å². The van der Waals surface area contributed by atoms with Gasteiger partial charge in [-0.3, -0.25) is 0 Å². The third-order valence-electron chi connectivity index (χ3n) is 0.412. The molecule has 0 fully saturated rings. The van der Waals surface area contributed by atoms with Crippen molar-refractivity contribution in [2.45, 2.75) is 0 Å². The lowest BCUT2D eigenvalue weighted by atomic mass is 10.9. The fourth-order valence-electron chi connectivity index (χ4n) is 0.207. The summed E-state index contributed by atoms with van der Waals surface area (Å²) >= 11 is 3.02. The van der Waals surface area contributed by atoms with Gasteiger partial charge in [-0.05, 0) is 15.9 Å². The summed E-state index contributed by atoms with van der Waals surface area (Å²) in [6.45, 7) is 0. The van der Waals surface area contributed by atoms with Crippen LogP contribution in [0.2, 0.25) is 0 Å². The van der Waals surface area contributed by atoms with E-state index >= 15 is 0 Å². The highest BCUT2D eigenvalue weighted by Crippen LogP contribution is 1.94. The van der Waals surface area contributed by atoms with E-state index in [2.05, 4.69) is 37.3 Å². The summed E-state index contributed by atoms with van der Waals surface area (Å²) in [5, 5.41) is 6.97. The number of aromatic nitrogens is 3. The average molecular weight is 159 g/mol. The van der Waals surface area contributed by atoms with Crippen LogP contribution in [0.25, 0.3) is 0 Å². The molecule has 0 aliphatic rings. The first-order chi connectivity index (χ1) is 3.39. The van der Waals surface area contributed by atoms with Crippen LogP contribution in [-0.2, 0) is 0 Å². The summed E-state index contributed by atoms with van der Waals surface area (Å²) in [5.74, 6) is 0. The standard InChI is InChI=1S/C3HBrN3/c4-3-1-5-2-6-7-3/h2H. The number of rotatable bonds is 0. The second-order valence-electron chi connectivity index (χ2n) is 0.863. The van der Waals surface area contributed by atoms with E-state index in [9.17, 15) is 0 Å². The minimum Gasteiger partial charge on any atom is -0.230 e. The molecule has 7 heavy (non-hydrogen) atoms. The molecule has 3 nitrogen and oxygen atoms in total. The molecule has 1 heterocycles. The molecule has 0 saturated heterocycles. The maximum atomic E-state index is 3.54. The lowest BCUT2D eigenvalue weighted by Crippen LogP contribution is -1.80. The van der Waals surface area contributed by atoms with Crippen molar-refractivity contribution in [1.29, 1.82) is 0 Å². The van der Waals surface area contributed by atoms with Crippen molar-refractivity contribution in [2.75, 3.05) is 0 Å². The maximum absolute atomic E-state index is 3.54. The van der Waals surface area contributed by atoms with E-state index in [1.54, 1.807) is 0 Å². The molecular weight excluding hydrogens is 158 g/mol. The zero-order valence-electron chi connectivity index (χ0n) is 3.30. The van der Waals surface area contributed by atoms with Crippen LogP contribution < -0.4 is 0 Å². The molecule has 0 unspecified atom stereocenters. The van der Waals surface area contributed by atoms with Gasteiger partial charge in [-0.1, -0.05) is 0 Å². The quantitative estimate of drug-likeness (QED) is 0.551. The summed E-state index contributed by atoms with van der Waals surface area (Å²) in [6, 6.07) is 0. The molecule has 0 atom stereocenters. The van der Waals surface area contributed by atoms with E-state index in [0.717, 1.165) is 0 Å². The molecule has 1 radical (unpaired) electrons. The number of nitrogens with zero attached hydrogens (tertiary/aromatic N) is 3. The van der Waals surface area contributed by atoms with Crippen molar-refractivity contribution in [1.82, 2.24) is 15.2 Å². The molecule has 0 saturated carbocycles. The van der Waals surface area contributed by atoms with E-state index in [4.69, 9.17) is 0 Å². The normalized spacial score (nSPS) is 8.71. The summed E-state index contributed by atoms with van der Waals surface area (Å²) in [7, 11) is 0. The summed E-state index contributed by atoms with van der Waals surface area (Å²) in [4.78, 5) is 3.54. The van der Waals surface area contributed by atoms with Crippen LogP contribution in [0.4, 0.5) is 0 Å². The Bertz CT molecular complexity index is 140. The van der Waals surface area contributed by atoms with Crippen LogP contribution in [0.15, 0.2) is 10.9 Å². The van der Waals surface area contributed by atoms with Crippen LogP contribution in [0.5, 0.6) is 0 Å². The lowest BCUT2D eigenvalue weighted by Gasteiger charge is -1.76. The highest BCUT2D eigenvalue weighted by molar-refractivity contribution is 9.10. The molecule has 4 heteroatoms. The Morgan fingerprint density at radius 2 is 2.57 bits per heavy atom. The molecule has 1 aromatic heterocycles. The number of halogens is 1. The molecule has 0 spiro atoms. The topological polar surface area (TPSA) is 38.7 Å². The highest BCUT2D eigenvalue weighted by atomic mass is 79.9. The minimum atomic E-state index is 0.537. The zero-order valence-corrected chi connectivity index (χ0v) is 4.88. The fraction of sp³-hybridized carbons (Fsp3) is 0. The van der Waals surface area contributed by atoms with Crippen molar-refractivity contribution in [2.24, 2.45) is 0 Å². The van der Waals surface area contributed by atoms with Gasteiger partial charge < -0.3 is 0 Å². The Morgan fingerprint density at radius 3 is 2.86 bits per heavy atom. The molecule has 35 valence electrons. The summed E-state index contributed by atoms with van der Waals surface area (Å²) in [6.07, 6.45) is 3.85. The van der Waals surface area contributed by atoms with Crippen molar-refractivity contribution in [3.05, 3.63) is 17.1 Å². The van der Waals surface area contributed by atoms with Gasteiger partial charge in [0.15, 0.2) is 4.60 Å². The second-order valence-corrected chi connectivity index (χ2v) is 1.61. The Kier molecular flexibility index (Phi) is 1.31. The van der Waals surface area contributed by atoms with Gasteiger partial charge in [0.05, 0.1) is 0 Å². The van der Waals surface area contributed by atoms with Crippen LogP contribution in [0.1, 0.15) is 0 Å². The van der Waals surface area contributed by atoms with E-state index in [1.807, 2.05) is 0 Å². The molecule has 0 bridgehead atoms. The smallest absolute Gasteiger partial charge is 0.156 e. The largest absolute Gasteiger partial charge is 0.230 e. The third kappa shape index (κ3) is 1.19. The highest BCUT2D eigenvalue weighted by Gasteiger charge is 1.80. The van der Waals surface area contributed by atoms with Gasteiger partial charge in [-0.15, -0.1) is 10.2 Å². The van der Waals surface area contributed by atoms with Crippen LogP contribution in [-0.4, -0.2) is 15.2 Å². The Labute approximate surface area is 48.9 Å². The van der Waals surface area contributed by atoms with Gasteiger partial charge in [0.2, 0.25) is 0 Å². The van der Waals surface area contributed by atoms with Crippen molar-refractivity contribution < 1.29 is 0 Å². The fourth-order valence-corrected chi connectivity index (χ4v) is 0.401. The summed E-state index contributed by atoms with van der Waals surface area (Å²) < 4.78 is 0.537. The number of hydrogen-bond donors (Lipinski definition) is 0. The Balaban J connectivity index is 3.02. The maximum Gasteiger partial charge on any atom is 0.156 e. The second kappa shape index (κ2) is 1.97. The molecule has 1 rings (SSSR count). The molecule has 1 aromatic rings. The SMILES string of the molecule is Brc1[c]ncnn1. The van der Waals surface area contributed by atoms with Crippen molar-refractivity contribution in [3.8, 4) is 0 Å². The first kappa shape index (κ1) is 4.64. The van der Waals surface area contributed by atoms with E-state index < -0.39 is 0 Å². The molecule has 0 amide bonds. The molecular formula is C3HBrN3. The predicted molar refractivity (Wildman–Crippen MR) is 26.4 cm³/mol. The molecule has 0 aromatic carbocycles. The monoisotopic (exact) mass is 158 g/mol. The number of hydrogen-bond acceptors (Lipinski definition) is 3. The first-order valence-electron chi connectivity index (χ1n) is 1.60. The third-order valence-corrected chi connectivity index (χ3v) is 0.748. The van der Waals surface area contributed by atoms with Gasteiger partial charge in [-0.2, -0.15) is 0 Å². The van der Waals surface area contributed by atoms with Crippen molar-refractivity contribution in [3.63, 3.8) is 0 Å². The minimum absolute atomic E-state index is 0.537. The van der Waals surface area contributed by atoms with Gasteiger partial charge in [0, 0.05) is 0 Å². The van der Waals surface area contributed by atoms with Gasteiger partial charge >= 0.3 is 0 Å². The first-order valence-corrected chi connectivity index (χ1v) is 2.40. The predicted octanol–water partition coefficient (Wildman–Crippen LogP) is 0.434. The summed E-state index contributed by atoms with van der Waals surface area (Å²) in [5.41, 5.74) is 0. The van der Waals surface area contributed by atoms with Gasteiger partial charge in [-0.25, -0.2) is 4.98 Å². The van der Waals surface area contributed by atoms with E-state index in [-0.39, 0.29) is 0 Å². The average Bonchev–Trinajstić information content (AvgIpc) is 1.69. The Morgan fingerprint density at radius 1 is 1.71 bits per heavy atom. The van der Waals surface area contributed by atoms with Gasteiger partial charge in [0.25, 0.3) is 0 Å². The van der Waals surface area contributed by atoms with Crippen LogP contribution >= 0.6 is 15.9 Å². The molecule has 0 N–H and O–H groups in total. The van der Waals surface area contributed by atoms with Crippen LogP contribution in [0, 0.1) is 6.20 Å². The van der Waals surface area contributed by atoms with Gasteiger partial charge in [0.1, 0.15) is 12.5 Å². The molecule has 0 aliphatic carbocycles. The molecule has 0 aliphatic heterocycles.